The number of nitrogens with one attached hydrogen (secondary N) is 1. The lowest BCUT2D eigenvalue weighted by Crippen LogP contribution is -2.42. The van der Waals surface area contributed by atoms with Crippen molar-refractivity contribution in [2.45, 2.75) is 45.6 Å². The normalized spacial score (nSPS) is 30.9. The predicted octanol–water partition coefficient (Wildman–Crippen LogP) is 1.40. The van der Waals surface area contributed by atoms with Crippen LogP contribution in [0.25, 0.3) is 0 Å². The first-order valence-electron chi connectivity index (χ1n) is 5.50. The molecular formula is C11H19NO3. The number of aliphatic carboxylic acids is 1. The number of carboxylic acid groups (broad SMARTS) is 1. The number of hydrogen-bond acceptors (Lipinski definition) is 2. The zero-order chi connectivity index (χ0) is 11.4. The van der Waals surface area contributed by atoms with Crippen LogP contribution < -0.4 is 5.32 Å². The molecule has 0 spiro atoms. The molecule has 1 aliphatic rings. The quantitative estimate of drug-likeness (QED) is 0.696. The molecule has 0 aromatic rings. The van der Waals surface area contributed by atoms with Gasteiger partial charge in [-0.15, -0.1) is 0 Å². The fourth-order valence-corrected chi connectivity index (χ4v) is 2.27. The van der Waals surface area contributed by atoms with Crippen LogP contribution in [0.1, 0.15) is 39.5 Å². The Bertz CT molecular complexity index is 252. The average molecular weight is 213 g/mol. The van der Waals surface area contributed by atoms with E-state index < -0.39 is 12.4 Å². The molecular weight excluding hydrogens is 194 g/mol. The first-order chi connectivity index (χ1) is 6.99. The lowest BCUT2D eigenvalue weighted by molar-refractivity contribution is -0.141. The van der Waals surface area contributed by atoms with Crippen LogP contribution in [0.5, 0.6) is 0 Å². The van der Waals surface area contributed by atoms with Crippen LogP contribution in [0.3, 0.4) is 0 Å². The van der Waals surface area contributed by atoms with Gasteiger partial charge in [0, 0.05) is 6.04 Å². The second-order valence-electron chi connectivity index (χ2n) is 4.64. The Morgan fingerprint density at radius 1 is 1.33 bits per heavy atom. The van der Waals surface area contributed by atoms with E-state index in [1.165, 1.54) is 0 Å². The van der Waals surface area contributed by atoms with E-state index in [1.54, 1.807) is 0 Å². The summed E-state index contributed by atoms with van der Waals surface area (Å²) in [5.41, 5.74) is 0. The van der Waals surface area contributed by atoms with E-state index in [9.17, 15) is 9.59 Å². The number of carbonyl (C=O) groups excluding carboxylic acids is 1. The number of amides is 1. The molecule has 4 heteroatoms. The maximum Gasteiger partial charge on any atom is 0.312 e. The molecule has 0 aromatic carbocycles. The fourth-order valence-electron chi connectivity index (χ4n) is 2.27. The maximum absolute atomic E-state index is 11.3. The Morgan fingerprint density at radius 3 is 2.53 bits per heavy atom. The molecule has 3 unspecified atom stereocenters. The van der Waals surface area contributed by atoms with Crippen LogP contribution >= 0.6 is 0 Å². The highest BCUT2D eigenvalue weighted by atomic mass is 16.4. The molecule has 1 aliphatic carbocycles. The average Bonchev–Trinajstić information content (AvgIpc) is 2.08. The molecule has 1 saturated carbocycles. The topological polar surface area (TPSA) is 66.4 Å². The standard InChI is InChI=1S/C11H19NO3/c1-7-3-4-9(8(2)5-7)12-10(13)6-11(14)15/h7-9H,3-6H2,1-2H3,(H,12,13)(H,14,15). The Labute approximate surface area is 90.0 Å². The maximum atomic E-state index is 11.3. The van der Waals surface area contributed by atoms with Gasteiger partial charge in [0.15, 0.2) is 0 Å². The van der Waals surface area contributed by atoms with Crippen LogP contribution in [-0.4, -0.2) is 23.0 Å². The summed E-state index contributed by atoms with van der Waals surface area (Å²) >= 11 is 0. The van der Waals surface area contributed by atoms with Crippen molar-refractivity contribution in [2.24, 2.45) is 11.8 Å². The van der Waals surface area contributed by atoms with E-state index in [1.807, 2.05) is 0 Å². The van der Waals surface area contributed by atoms with E-state index >= 15 is 0 Å². The molecule has 1 rings (SSSR count). The monoisotopic (exact) mass is 213 g/mol. The van der Waals surface area contributed by atoms with E-state index in [4.69, 9.17) is 5.11 Å². The summed E-state index contributed by atoms with van der Waals surface area (Å²) in [5, 5.41) is 11.3. The molecule has 0 aliphatic heterocycles. The van der Waals surface area contributed by atoms with E-state index in [-0.39, 0.29) is 11.9 Å². The highest BCUT2D eigenvalue weighted by Gasteiger charge is 2.26. The lowest BCUT2D eigenvalue weighted by atomic mass is 9.80. The third kappa shape index (κ3) is 3.90. The molecule has 0 aromatic heterocycles. The Kier molecular flexibility index (Phi) is 4.12. The molecule has 86 valence electrons. The first-order valence-corrected chi connectivity index (χ1v) is 5.50. The molecule has 0 heterocycles. The van der Waals surface area contributed by atoms with Gasteiger partial charge >= 0.3 is 5.97 Å². The first kappa shape index (κ1) is 12.0. The molecule has 1 amide bonds. The van der Waals surface area contributed by atoms with E-state index in [2.05, 4.69) is 19.2 Å². The summed E-state index contributed by atoms with van der Waals surface area (Å²) in [4.78, 5) is 21.6. The minimum atomic E-state index is -1.07. The summed E-state index contributed by atoms with van der Waals surface area (Å²) in [7, 11) is 0. The van der Waals surface area contributed by atoms with Crippen LogP contribution in [0.4, 0.5) is 0 Å². The lowest BCUT2D eigenvalue weighted by Gasteiger charge is -2.33. The molecule has 0 radical (unpaired) electrons. The van der Waals surface area contributed by atoms with Crippen molar-refractivity contribution in [1.82, 2.24) is 5.32 Å². The second-order valence-corrected chi connectivity index (χ2v) is 4.64. The summed E-state index contributed by atoms with van der Waals surface area (Å²) in [6.07, 6.45) is 2.77. The number of carbonyl (C=O) groups is 2. The van der Waals surface area contributed by atoms with Gasteiger partial charge in [-0.05, 0) is 31.1 Å². The second kappa shape index (κ2) is 5.14. The molecule has 3 atom stereocenters. The van der Waals surface area contributed by atoms with E-state index in [0.717, 1.165) is 19.3 Å². The molecule has 1 fully saturated rings. The van der Waals surface area contributed by atoms with Gasteiger partial charge in [0.2, 0.25) is 5.91 Å². The van der Waals surface area contributed by atoms with Gasteiger partial charge in [-0.25, -0.2) is 0 Å². The van der Waals surface area contributed by atoms with Crippen molar-refractivity contribution in [1.29, 1.82) is 0 Å². The Morgan fingerprint density at radius 2 is 2.00 bits per heavy atom. The van der Waals surface area contributed by atoms with Crippen molar-refractivity contribution in [3.8, 4) is 0 Å². The molecule has 2 N–H and O–H groups in total. The van der Waals surface area contributed by atoms with Crippen molar-refractivity contribution in [3.05, 3.63) is 0 Å². The number of rotatable bonds is 3. The minimum Gasteiger partial charge on any atom is -0.481 e. The van der Waals surface area contributed by atoms with Gasteiger partial charge in [-0.2, -0.15) is 0 Å². The largest absolute Gasteiger partial charge is 0.481 e. The number of carboxylic acids is 1. The zero-order valence-corrected chi connectivity index (χ0v) is 9.32. The summed E-state index contributed by atoms with van der Waals surface area (Å²) in [5.74, 6) is -0.266. The predicted molar refractivity (Wildman–Crippen MR) is 56.4 cm³/mol. The van der Waals surface area contributed by atoms with E-state index in [0.29, 0.717) is 11.8 Å². The highest BCUT2D eigenvalue weighted by molar-refractivity contribution is 5.93. The zero-order valence-electron chi connectivity index (χ0n) is 9.32. The van der Waals surface area contributed by atoms with Crippen LogP contribution in [0.15, 0.2) is 0 Å². The summed E-state index contributed by atoms with van der Waals surface area (Å²) in [6.45, 7) is 4.33. The SMILES string of the molecule is CC1CCC(NC(=O)CC(=O)O)C(C)C1. The van der Waals surface area contributed by atoms with Gasteiger partial charge < -0.3 is 10.4 Å². The van der Waals surface area contributed by atoms with Crippen LogP contribution in [-0.2, 0) is 9.59 Å². The van der Waals surface area contributed by atoms with Gasteiger partial charge in [0.1, 0.15) is 6.42 Å². The third-order valence-corrected chi connectivity index (χ3v) is 3.09. The van der Waals surface area contributed by atoms with Crippen molar-refractivity contribution in [3.63, 3.8) is 0 Å². The third-order valence-electron chi connectivity index (χ3n) is 3.09. The Balaban J connectivity index is 2.38. The fraction of sp³-hybridized carbons (Fsp3) is 0.818. The number of hydrogen-bond donors (Lipinski definition) is 2. The van der Waals surface area contributed by atoms with Gasteiger partial charge in [0.05, 0.1) is 0 Å². The van der Waals surface area contributed by atoms with Gasteiger partial charge in [0.25, 0.3) is 0 Å². The van der Waals surface area contributed by atoms with Crippen LogP contribution in [0.2, 0.25) is 0 Å². The molecule has 4 nitrogen and oxygen atoms in total. The van der Waals surface area contributed by atoms with Gasteiger partial charge in [-0.1, -0.05) is 13.8 Å². The van der Waals surface area contributed by atoms with Gasteiger partial charge in [-0.3, -0.25) is 9.59 Å². The smallest absolute Gasteiger partial charge is 0.312 e. The summed E-state index contributed by atoms with van der Waals surface area (Å²) in [6, 6.07) is 0.160. The molecule has 0 saturated heterocycles. The highest BCUT2D eigenvalue weighted by Crippen LogP contribution is 2.28. The van der Waals surface area contributed by atoms with Crippen molar-refractivity contribution < 1.29 is 14.7 Å². The van der Waals surface area contributed by atoms with Crippen molar-refractivity contribution >= 4 is 11.9 Å². The minimum absolute atomic E-state index is 0.160. The Hall–Kier alpha value is -1.06. The van der Waals surface area contributed by atoms with Crippen LogP contribution in [0, 0.1) is 11.8 Å². The molecule has 15 heavy (non-hydrogen) atoms. The summed E-state index contributed by atoms with van der Waals surface area (Å²) < 4.78 is 0. The molecule has 0 bridgehead atoms. The van der Waals surface area contributed by atoms with Crippen molar-refractivity contribution in [2.75, 3.05) is 0 Å².